The van der Waals surface area contributed by atoms with Crippen LogP contribution in [0, 0.1) is 13.8 Å². The van der Waals surface area contributed by atoms with Gasteiger partial charge in [0.1, 0.15) is 16.9 Å². The number of para-hydroxylation sites is 1. The summed E-state index contributed by atoms with van der Waals surface area (Å²) in [5.74, 6) is -2.39. The SMILES string of the molecule is CCCCCc1cc(OC(=O)Cc2ccc(-n3c(=O)c4cc(-c5cc(C(F)(F)F)cc(C(F)(F)F)c5)c5oc6ccccc6c6c(-c7cc(C(F)(F)F)cc(C(F)(F)F)c7)cc(c3=O)c4c56)cc2)cc(CCCCC)c1/C(=C1/N=C(C)C(C(=O)OCC)=C1C)c1c(C)c(C(=O)OCC)c(C)n1B(F)F. The van der Waals surface area contributed by atoms with Gasteiger partial charge in [0.25, 0.3) is 11.1 Å². The number of alkyl halides is 12. The number of allylic oxidation sites excluding steroid dienone is 1. The quantitative estimate of drug-likeness (QED) is 0.0130. The van der Waals surface area contributed by atoms with Crippen LogP contribution in [0.15, 0.2) is 145 Å². The number of benzene rings is 7. The Morgan fingerprint density at radius 3 is 1.56 bits per heavy atom. The van der Waals surface area contributed by atoms with E-state index in [1.165, 1.54) is 62.4 Å². The van der Waals surface area contributed by atoms with E-state index in [0.717, 1.165) is 29.5 Å². The molecule has 11 rings (SSSR count). The van der Waals surface area contributed by atoms with Crippen LogP contribution < -0.4 is 15.9 Å². The Hall–Kier alpha value is -10.3. The molecule has 0 fully saturated rings. The Labute approximate surface area is 584 Å². The summed E-state index contributed by atoms with van der Waals surface area (Å²) in [6, 6.07) is 16.5. The number of aliphatic imine (C=N–C) groups is 1. The molecule has 3 aromatic heterocycles. The molecule has 1 aliphatic rings. The summed E-state index contributed by atoms with van der Waals surface area (Å²) < 4.78 is 233. The van der Waals surface area contributed by atoms with Crippen molar-refractivity contribution in [3.05, 3.63) is 214 Å². The van der Waals surface area contributed by atoms with E-state index in [2.05, 4.69) is 0 Å². The molecule has 0 saturated carbocycles. The van der Waals surface area contributed by atoms with Gasteiger partial charge in [-0.05, 0) is 196 Å². The third-order valence-electron chi connectivity index (χ3n) is 18.5. The van der Waals surface area contributed by atoms with Crippen LogP contribution in [0.25, 0.3) is 77.0 Å². The Bertz CT molecular complexity index is 5220. The van der Waals surface area contributed by atoms with Crippen LogP contribution in [0.1, 0.15) is 152 Å². The molecule has 4 heterocycles. The average Bonchev–Trinajstić information content (AvgIpc) is 0.874. The van der Waals surface area contributed by atoms with Gasteiger partial charge < -0.3 is 23.1 Å². The van der Waals surface area contributed by atoms with E-state index in [-0.39, 0.29) is 122 Å². The number of carbonyl (C=O) groups is 3. The molecule has 0 unspecified atom stereocenters. The van der Waals surface area contributed by atoms with Crippen LogP contribution in [-0.2, 0) is 63.0 Å². The zero-order valence-electron chi connectivity index (χ0n) is 57.1. The van der Waals surface area contributed by atoms with Gasteiger partial charge in [-0.15, -0.1) is 0 Å². The normalized spacial score (nSPS) is 13.7. The molecule has 0 bridgehead atoms. The number of halogens is 14. The van der Waals surface area contributed by atoms with E-state index in [1.54, 1.807) is 39.8 Å². The smallest absolute Gasteiger partial charge is 0.462 e. The van der Waals surface area contributed by atoms with Gasteiger partial charge in [-0.2, -0.15) is 52.7 Å². The number of pyridine rings is 1. The molecule has 10 aromatic rings. The van der Waals surface area contributed by atoms with Crippen molar-refractivity contribution in [2.75, 3.05) is 13.2 Å². The number of carbonyl (C=O) groups excluding carboxylic acids is 3. The second-order valence-electron chi connectivity index (χ2n) is 25.3. The molecule has 12 nitrogen and oxygen atoms in total. The maximum Gasteiger partial charge on any atom is 0.677 e. The molecule has 1 aliphatic heterocycles. The lowest BCUT2D eigenvalue weighted by molar-refractivity contribution is -0.144. The molecule has 0 aliphatic carbocycles. The average molecular weight is 1450 g/mol. The Morgan fingerprint density at radius 1 is 0.558 bits per heavy atom. The predicted molar refractivity (Wildman–Crippen MR) is 367 cm³/mol. The molecular formula is C77H64BF14N3O9. The first-order chi connectivity index (χ1) is 49.0. The molecule has 7 aromatic carbocycles. The van der Waals surface area contributed by atoms with Crippen molar-refractivity contribution in [2.24, 2.45) is 4.99 Å². The fourth-order valence-corrected chi connectivity index (χ4v) is 13.9. The van der Waals surface area contributed by atoms with E-state index >= 15 is 18.2 Å². The van der Waals surface area contributed by atoms with Crippen LogP contribution in [0.2, 0.25) is 0 Å². The standard InChI is InChI=1S/C77H64BF14N3O9/c1-9-13-15-19-43-32-52(33-44(20-16-14-10-2)62(43)66(67-38(5)60(40(7)93-67)72(99)101-11-3)68-39(6)61(73(100)102-12-4)41(8)95(68)78(91)92)103-59(96)27-42-23-25-51(26-24-42)94-70(97)56-36-54(45-28-47(74(79,80)81)34-48(29-45)75(82,83)84)63-53-21-17-18-22-58(53)104-69-55(37-57(71(94)98)64(56)65(63)69)46-30-49(76(85,86)87)35-50(31-46)77(88,89)90/h17-18,21-26,28-37H,9-16,19-20,27H2,1-8H3/b67-66-. The second-order valence-corrected chi connectivity index (χ2v) is 25.3. The highest BCUT2D eigenvalue weighted by Gasteiger charge is 2.42. The van der Waals surface area contributed by atoms with Gasteiger partial charge in [-0.25, -0.2) is 14.2 Å². The lowest BCUT2D eigenvalue weighted by atomic mass is 9.84. The van der Waals surface area contributed by atoms with E-state index in [4.69, 9.17) is 23.6 Å². The van der Waals surface area contributed by atoms with E-state index < -0.39 is 134 Å². The second kappa shape index (κ2) is 28.7. The largest absolute Gasteiger partial charge is 0.677 e. The van der Waals surface area contributed by atoms with Crippen molar-refractivity contribution in [2.45, 2.75) is 138 Å². The first kappa shape index (κ1) is 74.8. The Morgan fingerprint density at radius 2 is 1.06 bits per heavy atom. The van der Waals surface area contributed by atoms with Crippen molar-refractivity contribution in [1.82, 2.24) is 9.05 Å². The number of nitrogens with zero attached hydrogens (tertiary/aromatic N) is 3. The Balaban J connectivity index is 1.08. The summed E-state index contributed by atoms with van der Waals surface area (Å²) in [6.07, 6.45) is -17.7. The summed E-state index contributed by atoms with van der Waals surface area (Å²) in [5.41, 5.74) is -11.2. The van der Waals surface area contributed by atoms with Crippen LogP contribution in [-0.4, -0.2) is 53.3 Å². The van der Waals surface area contributed by atoms with Crippen LogP contribution in [0.4, 0.5) is 61.3 Å². The number of aromatic nitrogens is 2. The number of aryl methyl sites for hydroxylation is 2. The fourth-order valence-electron chi connectivity index (χ4n) is 13.9. The first-order valence-corrected chi connectivity index (χ1v) is 33.3. The number of hydrogen-bond acceptors (Lipinski definition) is 10. The van der Waals surface area contributed by atoms with Crippen molar-refractivity contribution in [3.8, 4) is 33.7 Å². The molecule has 27 heteroatoms. The number of unbranched alkanes of at least 4 members (excludes halogenated alkanes) is 4. The zero-order valence-corrected chi connectivity index (χ0v) is 57.1. The molecule has 0 amide bonds. The molecule has 0 spiro atoms. The van der Waals surface area contributed by atoms with E-state index in [0.29, 0.717) is 76.8 Å². The molecule has 0 atom stereocenters. The predicted octanol–water partition coefficient (Wildman–Crippen LogP) is 20.3. The third-order valence-corrected chi connectivity index (χ3v) is 18.5. The molecule has 0 radical (unpaired) electrons. The number of fused-ring (bicyclic) bond motifs is 2. The number of esters is 3. The molecule has 0 N–H and O–H groups in total. The third kappa shape index (κ3) is 14.2. The number of ether oxygens (including phenoxy) is 3. The number of rotatable bonds is 21. The minimum absolute atomic E-state index is 0.00910. The monoisotopic (exact) mass is 1450 g/mol. The Kier molecular flexibility index (Phi) is 20.7. The minimum Gasteiger partial charge on any atom is -0.462 e. The van der Waals surface area contributed by atoms with Crippen molar-refractivity contribution >= 4 is 80.1 Å². The summed E-state index contributed by atoms with van der Waals surface area (Å²) in [4.78, 5) is 77.3. The zero-order chi connectivity index (χ0) is 75.6. The van der Waals surface area contributed by atoms with Gasteiger partial charge in [0, 0.05) is 54.8 Å². The van der Waals surface area contributed by atoms with Gasteiger partial charge in [0.2, 0.25) is 0 Å². The molecular weight excluding hydrogens is 1390 g/mol. The minimum atomic E-state index is -5.43. The highest BCUT2D eigenvalue weighted by Crippen LogP contribution is 2.51. The van der Waals surface area contributed by atoms with Crippen molar-refractivity contribution < 1.29 is 94.3 Å². The molecule has 542 valence electrons. The van der Waals surface area contributed by atoms with Crippen LogP contribution >= 0.6 is 0 Å². The van der Waals surface area contributed by atoms with Crippen molar-refractivity contribution in [1.29, 1.82) is 0 Å². The first-order valence-electron chi connectivity index (χ1n) is 33.3. The summed E-state index contributed by atoms with van der Waals surface area (Å²) in [6.45, 7) is 13.2. The highest BCUT2D eigenvalue weighted by molar-refractivity contribution is 6.42. The highest BCUT2D eigenvalue weighted by atomic mass is 19.4. The fraction of sp³-hybridized carbons (Fsp3) is 0.299. The van der Waals surface area contributed by atoms with Gasteiger partial charge in [-0.3, -0.25) is 28.0 Å². The van der Waals surface area contributed by atoms with Gasteiger partial charge in [-0.1, -0.05) is 69.9 Å². The van der Waals surface area contributed by atoms with Gasteiger partial charge >= 0.3 is 50.0 Å². The lowest BCUT2D eigenvalue weighted by Crippen LogP contribution is -2.32. The summed E-state index contributed by atoms with van der Waals surface area (Å²) >= 11 is 0. The van der Waals surface area contributed by atoms with E-state index in [1.807, 2.05) is 13.8 Å². The lowest BCUT2D eigenvalue weighted by Gasteiger charge is -2.23. The van der Waals surface area contributed by atoms with Crippen LogP contribution in [0.3, 0.4) is 0 Å². The van der Waals surface area contributed by atoms with Crippen molar-refractivity contribution in [3.63, 3.8) is 0 Å². The molecule has 104 heavy (non-hydrogen) atoms. The maximum atomic E-state index is 15.9. The maximum absolute atomic E-state index is 15.9. The summed E-state index contributed by atoms with van der Waals surface area (Å²) in [7, 11) is -3.22. The van der Waals surface area contributed by atoms with Gasteiger partial charge in [0.05, 0.1) is 70.1 Å². The topological polar surface area (TPSA) is 148 Å². The van der Waals surface area contributed by atoms with E-state index in [9.17, 15) is 67.1 Å². The number of hydrogen-bond donors (Lipinski definition) is 0. The van der Waals surface area contributed by atoms with Crippen LogP contribution in [0.5, 0.6) is 5.75 Å². The van der Waals surface area contributed by atoms with Gasteiger partial charge in [0.15, 0.2) is 0 Å². The summed E-state index contributed by atoms with van der Waals surface area (Å²) in [5, 5.41) is -2.33. The molecule has 0 saturated heterocycles.